The van der Waals surface area contributed by atoms with Gasteiger partial charge in [0.05, 0.1) is 6.61 Å². The Morgan fingerprint density at radius 3 is 2.16 bits per heavy atom. The lowest BCUT2D eigenvalue weighted by atomic mass is 9.75. The molecule has 0 aromatic heterocycles. The molecule has 2 unspecified atom stereocenters. The second-order valence-electron chi connectivity index (χ2n) is 7.65. The zero-order valence-electron chi connectivity index (χ0n) is 13.2. The van der Waals surface area contributed by atoms with Gasteiger partial charge in [0.1, 0.15) is 0 Å². The molecule has 0 aliphatic heterocycles. The summed E-state index contributed by atoms with van der Waals surface area (Å²) in [6.07, 6.45) is 8.80. The van der Waals surface area contributed by atoms with Crippen molar-refractivity contribution in [3.63, 3.8) is 0 Å². The number of nitrogens with zero attached hydrogens (tertiary/aromatic N) is 1. The topological polar surface area (TPSA) is 35.5 Å². The van der Waals surface area contributed by atoms with Crippen LogP contribution >= 0.6 is 0 Å². The smallest absolute Gasteiger partial charge is 0.0613 e. The number of aliphatic hydroxyl groups is 1. The van der Waals surface area contributed by atoms with E-state index in [-0.39, 0.29) is 12.1 Å². The largest absolute Gasteiger partial charge is 0.394 e. The molecule has 3 heteroatoms. The van der Waals surface area contributed by atoms with Crippen LogP contribution in [0.25, 0.3) is 0 Å². The van der Waals surface area contributed by atoms with Crippen LogP contribution in [0.3, 0.4) is 0 Å². The number of nitrogens with one attached hydrogen (secondary N) is 1. The first-order chi connectivity index (χ1) is 8.91. The first-order valence-corrected chi connectivity index (χ1v) is 7.93. The van der Waals surface area contributed by atoms with Crippen LogP contribution in [0.15, 0.2) is 0 Å². The van der Waals surface area contributed by atoms with Crippen molar-refractivity contribution in [2.75, 3.05) is 20.7 Å². The van der Waals surface area contributed by atoms with Gasteiger partial charge in [-0.15, -0.1) is 0 Å². The number of hydrogen-bond acceptors (Lipinski definition) is 3. The average molecular weight is 268 g/mol. The van der Waals surface area contributed by atoms with Crippen molar-refractivity contribution in [3.8, 4) is 0 Å². The van der Waals surface area contributed by atoms with Gasteiger partial charge in [-0.2, -0.15) is 0 Å². The highest BCUT2D eigenvalue weighted by atomic mass is 16.3. The predicted molar refractivity (Wildman–Crippen MR) is 80.3 cm³/mol. The lowest BCUT2D eigenvalue weighted by Crippen LogP contribution is -2.47. The fourth-order valence-electron chi connectivity index (χ4n) is 3.98. The highest BCUT2D eigenvalue weighted by Gasteiger charge is 2.41. The molecule has 112 valence electrons. The summed E-state index contributed by atoms with van der Waals surface area (Å²) in [6.45, 7) is 5.07. The summed E-state index contributed by atoms with van der Waals surface area (Å²) < 4.78 is 0. The molecule has 0 spiro atoms. The summed E-state index contributed by atoms with van der Waals surface area (Å²) in [6, 6.07) is 1.40. The van der Waals surface area contributed by atoms with Crippen molar-refractivity contribution in [1.29, 1.82) is 0 Å². The minimum absolute atomic E-state index is 0.0210. The predicted octanol–water partition coefficient (Wildman–Crippen LogP) is 2.39. The van der Waals surface area contributed by atoms with Crippen molar-refractivity contribution in [1.82, 2.24) is 10.2 Å². The minimum Gasteiger partial charge on any atom is -0.394 e. The first kappa shape index (κ1) is 15.3. The standard InChI is InChI=1S/C16H32N2O/c1-15(2)8-5-13(6-9-15)18(4)14-7-10-16(11-14,12-19)17-3/h13-14,17,19H,5-12H2,1-4H3. The third-order valence-corrected chi connectivity index (χ3v) is 5.88. The molecule has 19 heavy (non-hydrogen) atoms. The Morgan fingerprint density at radius 1 is 1.11 bits per heavy atom. The third kappa shape index (κ3) is 3.32. The SMILES string of the molecule is CNC1(CO)CCC(N(C)C2CCC(C)(C)CC2)C1. The molecule has 0 aromatic carbocycles. The number of hydrogen-bond donors (Lipinski definition) is 2. The van der Waals surface area contributed by atoms with Gasteiger partial charge in [0.2, 0.25) is 0 Å². The van der Waals surface area contributed by atoms with Crippen LogP contribution in [-0.2, 0) is 0 Å². The van der Waals surface area contributed by atoms with Crippen molar-refractivity contribution in [2.45, 2.75) is 76.4 Å². The fourth-order valence-corrected chi connectivity index (χ4v) is 3.98. The monoisotopic (exact) mass is 268 g/mol. The van der Waals surface area contributed by atoms with E-state index in [4.69, 9.17) is 0 Å². The molecule has 3 nitrogen and oxygen atoms in total. The zero-order chi connectivity index (χ0) is 14.1. The van der Waals surface area contributed by atoms with Gasteiger partial charge in [-0.05, 0) is 64.5 Å². The second kappa shape index (κ2) is 5.71. The molecule has 0 heterocycles. The summed E-state index contributed by atoms with van der Waals surface area (Å²) in [5.74, 6) is 0. The Labute approximate surface area is 118 Å². The summed E-state index contributed by atoms with van der Waals surface area (Å²) in [5.41, 5.74) is 0.527. The van der Waals surface area contributed by atoms with Gasteiger partial charge in [-0.25, -0.2) is 0 Å². The fraction of sp³-hybridized carbons (Fsp3) is 1.00. The molecule has 0 aromatic rings. The van der Waals surface area contributed by atoms with Crippen LogP contribution in [0.5, 0.6) is 0 Å². The van der Waals surface area contributed by atoms with Gasteiger partial charge in [-0.1, -0.05) is 13.8 Å². The molecular weight excluding hydrogens is 236 g/mol. The van der Waals surface area contributed by atoms with Gasteiger partial charge in [0, 0.05) is 17.6 Å². The van der Waals surface area contributed by atoms with Gasteiger partial charge in [0.25, 0.3) is 0 Å². The summed E-state index contributed by atoms with van der Waals surface area (Å²) in [4.78, 5) is 2.62. The normalized spacial score (nSPS) is 36.0. The lowest BCUT2D eigenvalue weighted by molar-refractivity contribution is 0.0880. The molecule has 2 saturated carbocycles. The average Bonchev–Trinajstić information content (AvgIpc) is 2.83. The Bertz CT molecular complexity index is 289. The molecule has 0 amide bonds. The van der Waals surface area contributed by atoms with E-state index < -0.39 is 0 Å². The molecule has 2 aliphatic rings. The zero-order valence-corrected chi connectivity index (χ0v) is 13.2. The van der Waals surface area contributed by atoms with E-state index in [1.807, 2.05) is 7.05 Å². The van der Waals surface area contributed by atoms with Crippen molar-refractivity contribution < 1.29 is 5.11 Å². The van der Waals surface area contributed by atoms with E-state index in [1.165, 1.54) is 32.1 Å². The Kier molecular flexibility index (Phi) is 4.59. The molecule has 0 radical (unpaired) electrons. The van der Waals surface area contributed by atoms with E-state index in [0.29, 0.717) is 11.5 Å². The molecule has 0 saturated heterocycles. The van der Waals surface area contributed by atoms with Crippen LogP contribution in [0.1, 0.15) is 58.8 Å². The Hall–Kier alpha value is -0.120. The van der Waals surface area contributed by atoms with E-state index in [9.17, 15) is 5.11 Å². The summed E-state index contributed by atoms with van der Waals surface area (Å²) in [7, 11) is 4.29. The van der Waals surface area contributed by atoms with Crippen molar-refractivity contribution >= 4 is 0 Å². The molecule has 0 bridgehead atoms. The molecule has 2 fully saturated rings. The van der Waals surface area contributed by atoms with Gasteiger partial charge in [-0.3, -0.25) is 0 Å². The Morgan fingerprint density at radius 2 is 1.68 bits per heavy atom. The van der Waals surface area contributed by atoms with Gasteiger partial charge in [0.15, 0.2) is 0 Å². The second-order valence-corrected chi connectivity index (χ2v) is 7.65. The summed E-state index contributed by atoms with van der Waals surface area (Å²) >= 11 is 0. The first-order valence-electron chi connectivity index (χ1n) is 7.93. The van der Waals surface area contributed by atoms with Crippen molar-refractivity contribution in [3.05, 3.63) is 0 Å². The lowest BCUT2D eigenvalue weighted by Gasteiger charge is -2.41. The van der Waals surface area contributed by atoms with Gasteiger partial charge < -0.3 is 15.3 Å². The number of aliphatic hydroxyl groups excluding tert-OH is 1. The molecular formula is C16H32N2O. The molecule has 2 aliphatic carbocycles. The quantitative estimate of drug-likeness (QED) is 0.822. The van der Waals surface area contributed by atoms with Crippen LogP contribution in [0, 0.1) is 5.41 Å². The maximum atomic E-state index is 9.61. The van der Waals surface area contributed by atoms with E-state index in [0.717, 1.165) is 18.9 Å². The highest BCUT2D eigenvalue weighted by Crippen LogP contribution is 2.39. The van der Waals surface area contributed by atoms with E-state index in [2.05, 4.69) is 31.1 Å². The highest BCUT2D eigenvalue weighted by molar-refractivity contribution is 4.99. The van der Waals surface area contributed by atoms with Crippen LogP contribution in [0.4, 0.5) is 0 Å². The number of likely N-dealkylation sites (N-methyl/N-ethyl adjacent to an activating group) is 1. The molecule has 2 atom stereocenters. The third-order valence-electron chi connectivity index (χ3n) is 5.88. The maximum absolute atomic E-state index is 9.61. The van der Waals surface area contributed by atoms with Crippen LogP contribution < -0.4 is 5.32 Å². The molecule has 2 rings (SSSR count). The molecule has 2 N–H and O–H groups in total. The maximum Gasteiger partial charge on any atom is 0.0613 e. The van der Waals surface area contributed by atoms with Gasteiger partial charge >= 0.3 is 0 Å². The van der Waals surface area contributed by atoms with Crippen LogP contribution in [-0.4, -0.2) is 48.3 Å². The minimum atomic E-state index is -0.0210. The Balaban J connectivity index is 1.90. The summed E-state index contributed by atoms with van der Waals surface area (Å²) in [5, 5.41) is 13.0. The van der Waals surface area contributed by atoms with Crippen LogP contribution in [0.2, 0.25) is 0 Å². The van der Waals surface area contributed by atoms with E-state index >= 15 is 0 Å². The van der Waals surface area contributed by atoms with E-state index in [1.54, 1.807) is 0 Å². The van der Waals surface area contributed by atoms with Crippen molar-refractivity contribution in [2.24, 2.45) is 5.41 Å². The number of rotatable bonds is 4.